The summed E-state index contributed by atoms with van der Waals surface area (Å²) in [6.07, 6.45) is 1.48. The quantitative estimate of drug-likeness (QED) is 0.863. The number of amides is 2. The van der Waals surface area contributed by atoms with Gasteiger partial charge in [0.2, 0.25) is 5.91 Å². The molecule has 1 aromatic carbocycles. The zero-order valence-corrected chi connectivity index (χ0v) is 16.0. The van der Waals surface area contributed by atoms with Crippen LogP contribution in [0.25, 0.3) is 0 Å². The van der Waals surface area contributed by atoms with Crippen molar-refractivity contribution in [1.82, 2.24) is 9.78 Å². The lowest BCUT2D eigenvalue weighted by atomic mass is 10.2. The van der Waals surface area contributed by atoms with Gasteiger partial charge in [-0.2, -0.15) is 5.10 Å². The lowest BCUT2D eigenvalue weighted by Gasteiger charge is -2.16. The predicted molar refractivity (Wildman–Crippen MR) is 103 cm³/mol. The van der Waals surface area contributed by atoms with E-state index in [-0.39, 0.29) is 11.8 Å². The molecule has 3 rings (SSSR count). The van der Waals surface area contributed by atoms with Crippen LogP contribution in [0.1, 0.15) is 42.7 Å². The molecule has 0 radical (unpaired) electrons. The molecule has 138 valence electrons. The molecular weight excluding hydrogens is 352 g/mol. The molecule has 26 heavy (non-hydrogen) atoms. The first-order valence-corrected chi connectivity index (χ1v) is 9.19. The molecule has 2 amide bonds. The highest BCUT2D eigenvalue weighted by atomic mass is 35.5. The highest BCUT2D eigenvalue weighted by molar-refractivity contribution is 6.33. The summed E-state index contributed by atoms with van der Waals surface area (Å²) in [5, 5.41) is 7.58. The SMILES string of the molecule is Cc1nn(CC(C)C)c(Cl)c1C(=O)Nc1ccc(N2CCCC2=O)cc1. The fourth-order valence-corrected chi connectivity index (χ4v) is 3.45. The molecule has 6 nitrogen and oxygen atoms in total. The van der Waals surface area contributed by atoms with E-state index in [9.17, 15) is 9.59 Å². The van der Waals surface area contributed by atoms with Crippen molar-refractivity contribution in [3.8, 4) is 0 Å². The number of carbonyl (C=O) groups excluding carboxylic acids is 2. The molecule has 0 aliphatic carbocycles. The summed E-state index contributed by atoms with van der Waals surface area (Å²) in [5.41, 5.74) is 2.50. The van der Waals surface area contributed by atoms with Crippen molar-refractivity contribution in [3.05, 3.63) is 40.7 Å². The van der Waals surface area contributed by atoms with Crippen LogP contribution in [0.3, 0.4) is 0 Å². The van der Waals surface area contributed by atoms with Gasteiger partial charge in [0.1, 0.15) is 5.15 Å². The van der Waals surface area contributed by atoms with Gasteiger partial charge in [0.05, 0.1) is 11.3 Å². The number of hydrogen-bond acceptors (Lipinski definition) is 3. The first-order valence-electron chi connectivity index (χ1n) is 8.81. The molecule has 7 heteroatoms. The van der Waals surface area contributed by atoms with E-state index in [0.717, 1.165) is 18.7 Å². The maximum absolute atomic E-state index is 12.6. The Kier molecular flexibility index (Phi) is 5.32. The van der Waals surface area contributed by atoms with E-state index in [1.54, 1.807) is 28.6 Å². The molecule has 1 N–H and O–H groups in total. The summed E-state index contributed by atoms with van der Waals surface area (Å²) in [7, 11) is 0. The molecule has 2 aromatic rings. The highest BCUT2D eigenvalue weighted by Crippen LogP contribution is 2.25. The Morgan fingerprint density at radius 3 is 2.58 bits per heavy atom. The van der Waals surface area contributed by atoms with Crippen molar-refractivity contribution in [1.29, 1.82) is 0 Å². The third kappa shape index (κ3) is 3.75. The third-order valence-electron chi connectivity index (χ3n) is 4.34. The minimum atomic E-state index is -0.285. The summed E-state index contributed by atoms with van der Waals surface area (Å²) in [5.74, 6) is 0.234. The van der Waals surface area contributed by atoms with Crippen LogP contribution in [0.5, 0.6) is 0 Å². The summed E-state index contributed by atoms with van der Waals surface area (Å²) in [6.45, 7) is 7.32. The molecule has 1 saturated heterocycles. The van der Waals surface area contributed by atoms with Crippen molar-refractivity contribution in [3.63, 3.8) is 0 Å². The van der Waals surface area contributed by atoms with Gasteiger partial charge in [-0.1, -0.05) is 25.4 Å². The maximum atomic E-state index is 12.6. The molecule has 0 unspecified atom stereocenters. The van der Waals surface area contributed by atoms with E-state index >= 15 is 0 Å². The minimum Gasteiger partial charge on any atom is -0.322 e. The first kappa shape index (κ1) is 18.5. The molecule has 0 saturated carbocycles. The van der Waals surface area contributed by atoms with E-state index in [0.29, 0.717) is 41.0 Å². The third-order valence-corrected chi connectivity index (χ3v) is 4.72. The normalized spacial score (nSPS) is 14.3. The van der Waals surface area contributed by atoms with E-state index in [1.165, 1.54) is 0 Å². The molecular formula is C19H23ClN4O2. The summed E-state index contributed by atoms with van der Waals surface area (Å²) in [6, 6.07) is 7.27. The number of nitrogens with zero attached hydrogens (tertiary/aromatic N) is 3. The topological polar surface area (TPSA) is 67.2 Å². The molecule has 0 spiro atoms. The standard InChI is InChI=1S/C19H23ClN4O2/c1-12(2)11-24-18(20)17(13(3)22-24)19(26)21-14-6-8-15(9-7-14)23-10-4-5-16(23)25/h6-9,12H,4-5,10-11H2,1-3H3,(H,21,26). The number of aryl methyl sites for hydroxylation is 1. The van der Waals surface area contributed by atoms with Crippen molar-refractivity contribution in [2.45, 2.75) is 40.2 Å². The average molecular weight is 375 g/mol. The van der Waals surface area contributed by atoms with E-state index < -0.39 is 0 Å². The van der Waals surface area contributed by atoms with Crippen LogP contribution >= 0.6 is 11.6 Å². The molecule has 1 aliphatic rings. The molecule has 0 atom stereocenters. The van der Waals surface area contributed by atoms with E-state index in [2.05, 4.69) is 24.3 Å². The highest BCUT2D eigenvalue weighted by Gasteiger charge is 2.23. The van der Waals surface area contributed by atoms with Gasteiger partial charge >= 0.3 is 0 Å². The van der Waals surface area contributed by atoms with Gasteiger partial charge in [-0.05, 0) is 43.5 Å². The van der Waals surface area contributed by atoms with Gasteiger partial charge in [-0.3, -0.25) is 14.3 Å². The van der Waals surface area contributed by atoms with Crippen LogP contribution in [0.2, 0.25) is 5.15 Å². The zero-order chi connectivity index (χ0) is 18.8. The van der Waals surface area contributed by atoms with Crippen LogP contribution in [0.15, 0.2) is 24.3 Å². The second kappa shape index (κ2) is 7.50. The Balaban J connectivity index is 1.74. The Bertz CT molecular complexity index is 827. The molecule has 1 aliphatic heterocycles. The number of hydrogen-bond donors (Lipinski definition) is 1. The van der Waals surface area contributed by atoms with Gasteiger partial charge < -0.3 is 10.2 Å². The number of anilines is 2. The van der Waals surface area contributed by atoms with Gasteiger partial charge in [-0.25, -0.2) is 0 Å². The zero-order valence-electron chi connectivity index (χ0n) is 15.3. The predicted octanol–water partition coefficient (Wildman–Crippen LogP) is 3.88. The van der Waals surface area contributed by atoms with Crippen molar-refractivity contribution >= 4 is 34.8 Å². The fraction of sp³-hybridized carbons (Fsp3) is 0.421. The number of halogens is 1. The smallest absolute Gasteiger partial charge is 0.260 e. The van der Waals surface area contributed by atoms with Crippen molar-refractivity contribution in [2.24, 2.45) is 5.92 Å². The Morgan fingerprint density at radius 2 is 2.00 bits per heavy atom. The monoisotopic (exact) mass is 374 g/mol. The number of rotatable bonds is 5. The number of carbonyl (C=O) groups is 2. The molecule has 2 heterocycles. The van der Waals surface area contributed by atoms with Gasteiger partial charge in [-0.15, -0.1) is 0 Å². The van der Waals surface area contributed by atoms with Crippen LogP contribution in [-0.4, -0.2) is 28.1 Å². The second-order valence-corrected chi connectivity index (χ2v) is 7.34. The molecule has 1 aromatic heterocycles. The van der Waals surface area contributed by atoms with Crippen LogP contribution in [-0.2, 0) is 11.3 Å². The number of aromatic nitrogens is 2. The van der Waals surface area contributed by atoms with Gasteiger partial charge in [0.15, 0.2) is 0 Å². The second-order valence-electron chi connectivity index (χ2n) is 6.98. The lowest BCUT2D eigenvalue weighted by Crippen LogP contribution is -2.23. The van der Waals surface area contributed by atoms with Crippen LogP contribution in [0, 0.1) is 12.8 Å². The molecule has 0 bridgehead atoms. The fourth-order valence-electron chi connectivity index (χ4n) is 3.12. The summed E-state index contributed by atoms with van der Waals surface area (Å²) in [4.78, 5) is 26.2. The maximum Gasteiger partial charge on any atom is 0.260 e. The Labute approximate surface area is 158 Å². The molecule has 1 fully saturated rings. The van der Waals surface area contributed by atoms with Gasteiger partial charge in [0.25, 0.3) is 5.91 Å². The summed E-state index contributed by atoms with van der Waals surface area (Å²) < 4.78 is 1.67. The number of nitrogens with one attached hydrogen (secondary N) is 1. The largest absolute Gasteiger partial charge is 0.322 e. The van der Waals surface area contributed by atoms with Crippen molar-refractivity contribution < 1.29 is 9.59 Å². The van der Waals surface area contributed by atoms with Gasteiger partial charge in [0, 0.05) is 30.9 Å². The van der Waals surface area contributed by atoms with Crippen LogP contribution < -0.4 is 10.2 Å². The van der Waals surface area contributed by atoms with Crippen molar-refractivity contribution in [2.75, 3.05) is 16.8 Å². The van der Waals surface area contributed by atoms with E-state index in [1.807, 2.05) is 12.1 Å². The van der Waals surface area contributed by atoms with Crippen LogP contribution in [0.4, 0.5) is 11.4 Å². The first-order chi connectivity index (χ1) is 12.4. The lowest BCUT2D eigenvalue weighted by molar-refractivity contribution is -0.117. The summed E-state index contributed by atoms with van der Waals surface area (Å²) >= 11 is 6.36. The average Bonchev–Trinajstić information content (AvgIpc) is 3.11. The minimum absolute atomic E-state index is 0.141. The van der Waals surface area contributed by atoms with E-state index in [4.69, 9.17) is 11.6 Å². The Morgan fingerprint density at radius 1 is 1.31 bits per heavy atom. The Hall–Kier alpha value is -2.34. The number of benzene rings is 1.